The van der Waals surface area contributed by atoms with Gasteiger partial charge in [-0.25, -0.2) is 4.98 Å². The molecule has 1 amide bonds. The number of carbonyl (C=O) groups is 1. The van der Waals surface area contributed by atoms with Crippen molar-refractivity contribution in [2.45, 2.75) is 65.5 Å². The van der Waals surface area contributed by atoms with E-state index in [4.69, 9.17) is 4.42 Å². The van der Waals surface area contributed by atoms with E-state index in [9.17, 15) is 4.79 Å². The predicted molar refractivity (Wildman–Crippen MR) is 103 cm³/mol. The number of guanidine groups is 1. The van der Waals surface area contributed by atoms with E-state index in [1.807, 2.05) is 18.7 Å². The van der Waals surface area contributed by atoms with Crippen molar-refractivity contribution >= 4 is 11.9 Å². The molecule has 0 aliphatic carbocycles. The highest BCUT2D eigenvalue weighted by Gasteiger charge is 2.25. The lowest BCUT2D eigenvalue weighted by molar-refractivity contribution is -0.135. The summed E-state index contributed by atoms with van der Waals surface area (Å²) in [4.78, 5) is 22.6. The predicted octanol–water partition coefficient (Wildman–Crippen LogP) is 2.28. The Kier molecular flexibility index (Phi) is 6.67. The maximum atomic E-state index is 12.1. The van der Waals surface area contributed by atoms with Crippen LogP contribution in [0.2, 0.25) is 0 Å². The zero-order chi connectivity index (χ0) is 19.3. The molecule has 1 aromatic rings. The van der Waals surface area contributed by atoms with Crippen molar-refractivity contribution in [1.29, 1.82) is 0 Å². The second kappa shape index (κ2) is 8.56. The van der Waals surface area contributed by atoms with E-state index in [1.165, 1.54) is 0 Å². The summed E-state index contributed by atoms with van der Waals surface area (Å²) in [6, 6.07) is 0.312. The first-order chi connectivity index (χ1) is 12.2. The molecule has 0 aromatic carbocycles. The summed E-state index contributed by atoms with van der Waals surface area (Å²) in [6.45, 7) is 12.3. The largest absolute Gasteiger partial charge is 0.443 e. The summed E-state index contributed by atoms with van der Waals surface area (Å²) >= 11 is 0. The van der Waals surface area contributed by atoms with Crippen molar-refractivity contribution in [3.63, 3.8) is 0 Å². The van der Waals surface area contributed by atoms with Crippen LogP contribution in [0.4, 0.5) is 0 Å². The van der Waals surface area contributed by atoms with Crippen LogP contribution in [0.5, 0.6) is 0 Å². The van der Waals surface area contributed by atoms with Gasteiger partial charge in [-0.05, 0) is 12.8 Å². The van der Waals surface area contributed by atoms with Gasteiger partial charge >= 0.3 is 0 Å². The number of hydrogen-bond acceptors (Lipinski definition) is 4. The molecule has 2 heterocycles. The van der Waals surface area contributed by atoms with Gasteiger partial charge in [-0.15, -0.1) is 0 Å². The van der Waals surface area contributed by atoms with Gasteiger partial charge in [0.25, 0.3) is 0 Å². The molecule has 146 valence electrons. The highest BCUT2D eigenvalue weighted by molar-refractivity contribution is 5.80. The van der Waals surface area contributed by atoms with Gasteiger partial charge in [0.2, 0.25) is 11.8 Å². The molecule has 1 aliphatic heterocycles. The van der Waals surface area contributed by atoms with Crippen LogP contribution in [0, 0.1) is 5.92 Å². The maximum Gasteiger partial charge on any atom is 0.225 e. The number of likely N-dealkylation sites (tertiary alicyclic amines) is 1. The average molecular weight is 364 g/mol. The Morgan fingerprint density at radius 3 is 2.54 bits per heavy atom. The molecule has 0 unspecified atom stereocenters. The van der Waals surface area contributed by atoms with E-state index in [0.29, 0.717) is 18.5 Å². The van der Waals surface area contributed by atoms with Gasteiger partial charge in [0.1, 0.15) is 5.76 Å². The van der Waals surface area contributed by atoms with Gasteiger partial charge in [-0.2, -0.15) is 0 Å². The van der Waals surface area contributed by atoms with Crippen LogP contribution in [-0.4, -0.2) is 47.9 Å². The van der Waals surface area contributed by atoms with Crippen LogP contribution in [0.25, 0.3) is 0 Å². The number of nitrogens with zero attached hydrogens (tertiary/aromatic N) is 3. The third-order valence-electron chi connectivity index (χ3n) is 4.56. The van der Waals surface area contributed by atoms with E-state index in [1.54, 1.807) is 13.2 Å². The third-order valence-corrected chi connectivity index (χ3v) is 4.56. The minimum atomic E-state index is -0.0490. The standard InChI is InChI=1S/C19H33N5O2/c1-13(2)17(25)24-9-7-14(8-10-24)23-18(20-6)22-12-16-21-11-15(26-16)19(3,4)5/h11,13-14H,7-10,12H2,1-6H3,(H2,20,22,23). The molecule has 0 spiro atoms. The number of nitrogens with one attached hydrogen (secondary N) is 2. The Morgan fingerprint density at radius 1 is 1.38 bits per heavy atom. The normalized spacial score (nSPS) is 16.9. The first kappa shape index (κ1) is 20.3. The first-order valence-corrected chi connectivity index (χ1v) is 9.42. The average Bonchev–Trinajstić information content (AvgIpc) is 3.07. The summed E-state index contributed by atoms with van der Waals surface area (Å²) < 4.78 is 5.80. The maximum absolute atomic E-state index is 12.1. The molecule has 0 bridgehead atoms. The van der Waals surface area contributed by atoms with Gasteiger partial charge in [-0.3, -0.25) is 9.79 Å². The molecule has 26 heavy (non-hydrogen) atoms. The van der Waals surface area contributed by atoms with E-state index in [-0.39, 0.29) is 17.2 Å². The van der Waals surface area contributed by atoms with Crippen molar-refractivity contribution in [2.24, 2.45) is 10.9 Å². The second-order valence-electron chi connectivity index (χ2n) is 8.19. The summed E-state index contributed by atoms with van der Waals surface area (Å²) in [5.41, 5.74) is -0.0490. The molecule has 7 heteroatoms. The van der Waals surface area contributed by atoms with Gasteiger partial charge in [0.15, 0.2) is 5.96 Å². The van der Waals surface area contributed by atoms with Crippen molar-refractivity contribution < 1.29 is 9.21 Å². The Hall–Kier alpha value is -2.05. The Bertz CT molecular complexity index is 622. The van der Waals surface area contributed by atoms with Crippen molar-refractivity contribution in [1.82, 2.24) is 20.5 Å². The number of carbonyl (C=O) groups excluding carboxylic acids is 1. The quantitative estimate of drug-likeness (QED) is 0.633. The van der Waals surface area contributed by atoms with E-state index in [0.717, 1.165) is 37.7 Å². The molecule has 1 saturated heterocycles. The topological polar surface area (TPSA) is 82.8 Å². The fourth-order valence-electron chi connectivity index (χ4n) is 2.90. The molecule has 7 nitrogen and oxygen atoms in total. The third kappa shape index (κ3) is 5.47. The number of hydrogen-bond donors (Lipinski definition) is 2. The lowest BCUT2D eigenvalue weighted by Crippen LogP contribution is -2.50. The Labute approximate surface area is 156 Å². The first-order valence-electron chi connectivity index (χ1n) is 9.42. The fourth-order valence-corrected chi connectivity index (χ4v) is 2.90. The van der Waals surface area contributed by atoms with Crippen molar-refractivity contribution in [3.05, 3.63) is 17.8 Å². The van der Waals surface area contributed by atoms with Gasteiger partial charge in [0, 0.05) is 37.5 Å². The molecule has 0 atom stereocenters. The molecule has 1 fully saturated rings. The smallest absolute Gasteiger partial charge is 0.225 e. The van der Waals surface area contributed by atoms with Gasteiger partial charge in [-0.1, -0.05) is 34.6 Å². The second-order valence-corrected chi connectivity index (χ2v) is 8.19. The van der Waals surface area contributed by atoms with Crippen LogP contribution in [0.3, 0.4) is 0 Å². The lowest BCUT2D eigenvalue weighted by Gasteiger charge is -2.34. The Morgan fingerprint density at radius 2 is 2.04 bits per heavy atom. The minimum Gasteiger partial charge on any atom is -0.443 e. The van der Waals surface area contributed by atoms with Gasteiger partial charge < -0.3 is 20.0 Å². The van der Waals surface area contributed by atoms with Gasteiger partial charge in [0.05, 0.1) is 12.7 Å². The van der Waals surface area contributed by atoms with Crippen LogP contribution in [0.1, 0.15) is 59.1 Å². The van der Waals surface area contributed by atoms with Crippen molar-refractivity contribution in [3.8, 4) is 0 Å². The summed E-state index contributed by atoms with van der Waals surface area (Å²) in [5.74, 6) is 2.56. The molecule has 2 N–H and O–H groups in total. The summed E-state index contributed by atoms with van der Waals surface area (Å²) in [5, 5.41) is 6.69. The summed E-state index contributed by atoms with van der Waals surface area (Å²) in [6.07, 6.45) is 3.63. The van der Waals surface area contributed by atoms with E-state index >= 15 is 0 Å². The number of oxazole rings is 1. The van der Waals surface area contributed by atoms with Crippen LogP contribution >= 0.6 is 0 Å². The molecule has 1 aliphatic rings. The fraction of sp³-hybridized carbons (Fsp3) is 0.737. The molecule has 1 aromatic heterocycles. The van der Waals surface area contributed by atoms with E-state index in [2.05, 4.69) is 41.4 Å². The molecule has 0 radical (unpaired) electrons. The zero-order valence-electron chi connectivity index (χ0n) is 16.9. The van der Waals surface area contributed by atoms with Crippen molar-refractivity contribution in [2.75, 3.05) is 20.1 Å². The minimum absolute atomic E-state index is 0.0490. The Balaban J connectivity index is 1.80. The number of aliphatic imine (C=N–C) groups is 1. The number of aromatic nitrogens is 1. The number of piperidine rings is 1. The van der Waals surface area contributed by atoms with Crippen LogP contribution in [0.15, 0.2) is 15.6 Å². The highest BCUT2D eigenvalue weighted by atomic mass is 16.4. The van der Waals surface area contributed by atoms with Crippen LogP contribution in [-0.2, 0) is 16.8 Å². The molecular weight excluding hydrogens is 330 g/mol. The lowest BCUT2D eigenvalue weighted by atomic mass is 9.94. The van der Waals surface area contributed by atoms with E-state index < -0.39 is 0 Å². The highest BCUT2D eigenvalue weighted by Crippen LogP contribution is 2.22. The monoisotopic (exact) mass is 363 g/mol. The molecule has 2 rings (SSSR count). The number of rotatable bonds is 4. The zero-order valence-corrected chi connectivity index (χ0v) is 16.9. The summed E-state index contributed by atoms with van der Waals surface area (Å²) in [7, 11) is 1.75. The molecular formula is C19H33N5O2. The SMILES string of the molecule is CN=C(NCc1ncc(C(C)(C)C)o1)NC1CCN(C(=O)C(C)C)CC1. The number of amides is 1. The molecule has 0 saturated carbocycles. The van der Waals surface area contributed by atoms with Crippen LogP contribution < -0.4 is 10.6 Å².